The number of ether oxygens (including phenoxy) is 2. The summed E-state index contributed by atoms with van der Waals surface area (Å²) >= 11 is 0. The molecule has 0 fully saturated rings. The molecule has 1 N–H and O–H groups in total. The number of rotatable bonds is 7. The molecule has 25 heavy (non-hydrogen) atoms. The summed E-state index contributed by atoms with van der Waals surface area (Å²) in [5, 5.41) is 9.14. The Labute approximate surface area is 144 Å². The number of benzene rings is 1. The Morgan fingerprint density at radius 3 is 2.32 bits per heavy atom. The molecule has 0 saturated carbocycles. The first-order valence-corrected chi connectivity index (χ1v) is 8.40. The number of carboxylic acids is 1. The number of esters is 1. The second kappa shape index (κ2) is 7.79. The summed E-state index contributed by atoms with van der Waals surface area (Å²) in [6, 6.07) is 2.33. The van der Waals surface area contributed by atoms with Crippen molar-refractivity contribution >= 4 is 22.4 Å². The Bertz CT molecular complexity index is 764. The van der Waals surface area contributed by atoms with Crippen molar-refractivity contribution in [2.75, 3.05) is 6.61 Å². The third-order valence-corrected chi connectivity index (χ3v) is 3.13. The minimum Gasteiger partial charge on any atom is -0.478 e. The van der Waals surface area contributed by atoms with Crippen LogP contribution in [0.4, 0.5) is 3.89 Å². The molecule has 0 heterocycles. The summed E-state index contributed by atoms with van der Waals surface area (Å²) < 4.78 is 48.4. The van der Waals surface area contributed by atoms with Gasteiger partial charge in [-0.15, -0.1) is 0 Å². The van der Waals surface area contributed by atoms with E-state index >= 15 is 0 Å². The second-order valence-electron chi connectivity index (χ2n) is 6.13. The standard InChI is InChI=1S/C15H19FO8S/c1-9-11(14(18)19)5-10(6-12(9)24-25(16,20)21)7-22-8-13(17)23-15(2,3)4/h5-6H,7-8H2,1-4H3,(H,18,19). The first-order chi connectivity index (χ1) is 11.3. The van der Waals surface area contributed by atoms with Gasteiger partial charge in [-0.3, -0.25) is 0 Å². The fourth-order valence-electron chi connectivity index (χ4n) is 1.87. The van der Waals surface area contributed by atoms with Gasteiger partial charge in [-0.1, -0.05) is 3.89 Å². The third kappa shape index (κ3) is 7.48. The predicted molar refractivity (Wildman–Crippen MR) is 84.3 cm³/mol. The normalized spacial score (nSPS) is 11.9. The molecular weight excluding hydrogens is 359 g/mol. The molecular formula is C15H19FO8S. The van der Waals surface area contributed by atoms with Crippen molar-refractivity contribution in [1.29, 1.82) is 0 Å². The SMILES string of the molecule is Cc1c(OS(=O)(=O)F)cc(COCC(=O)OC(C)(C)C)cc1C(=O)O. The van der Waals surface area contributed by atoms with E-state index in [1.54, 1.807) is 20.8 Å². The number of aromatic carboxylic acids is 1. The molecule has 140 valence electrons. The van der Waals surface area contributed by atoms with Crippen LogP contribution in [0.3, 0.4) is 0 Å². The van der Waals surface area contributed by atoms with Crippen molar-refractivity contribution in [3.63, 3.8) is 0 Å². The maximum Gasteiger partial charge on any atom is 0.488 e. The zero-order chi connectivity index (χ0) is 19.4. The van der Waals surface area contributed by atoms with Crippen LogP contribution in [0.25, 0.3) is 0 Å². The summed E-state index contributed by atoms with van der Waals surface area (Å²) in [5.41, 5.74) is -0.844. The molecule has 0 aliphatic carbocycles. The summed E-state index contributed by atoms with van der Waals surface area (Å²) in [5.74, 6) is -2.45. The smallest absolute Gasteiger partial charge is 0.478 e. The van der Waals surface area contributed by atoms with Crippen LogP contribution in [0, 0.1) is 6.92 Å². The first-order valence-electron chi connectivity index (χ1n) is 7.09. The van der Waals surface area contributed by atoms with Gasteiger partial charge >= 0.3 is 22.4 Å². The average Bonchev–Trinajstić information content (AvgIpc) is 2.38. The van der Waals surface area contributed by atoms with E-state index in [4.69, 9.17) is 14.6 Å². The molecule has 0 aliphatic heterocycles. The molecule has 0 radical (unpaired) electrons. The van der Waals surface area contributed by atoms with Gasteiger partial charge in [0.15, 0.2) is 0 Å². The van der Waals surface area contributed by atoms with E-state index in [0.717, 1.165) is 6.07 Å². The molecule has 0 bridgehead atoms. The quantitative estimate of drug-likeness (QED) is 0.567. The average molecular weight is 378 g/mol. The number of carbonyl (C=O) groups is 2. The minimum atomic E-state index is -5.32. The fraction of sp³-hybridized carbons (Fsp3) is 0.467. The Balaban J connectivity index is 2.93. The van der Waals surface area contributed by atoms with Gasteiger partial charge in [0.05, 0.1) is 12.2 Å². The maximum absolute atomic E-state index is 12.7. The second-order valence-corrected chi connectivity index (χ2v) is 7.08. The molecule has 1 rings (SSSR count). The van der Waals surface area contributed by atoms with Crippen molar-refractivity contribution in [1.82, 2.24) is 0 Å². The highest BCUT2D eigenvalue weighted by Crippen LogP contribution is 2.26. The lowest BCUT2D eigenvalue weighted by molar-refractivity contribution is -0.160. The molecule has 0 atom stereocenters. The Morgan fingerprint density at radius 2 is 1.84 bits per heavy atom. The summed E-state index contributed by atoms with van der Waals surface area (Å²) in [7, 11) is -5.32. The number of carbonyl (C=O) groups excluding carboxylic acids is 1. The molecule has 0 aliphatic rings. The van der Waals surface area contributed by atoms with Crippen molar-refractivity contribution in [3.8, 4) is 5.75 Å². The lowest BCUT2D eigenvalue weighted by Crippen LogP contribution is -2.26. The highest BCUT2D eigenvalue weighted by atomic mass is 32.3. The molecule has 0 aromatic heterocycles. The van der Waals surface area contributed by atoms with Crippen molar-refractivity contribution < 1.29 is 40.7 Å². The highest BCUT2D eigenvalue weighted by molar-refractivity contribution is 7.81. The first kappa shape index (κ1) is 20.8. The van der Waals surface area contributed by atoms with Gasteiger partial charge in [-0.25, -0.2) is 9.59 Å². The molecule has 10 heteroatoms. The van der Waals surface area contributed by atoms with Gasteiger partial charge in [-0.2, -0.15) is 8.42 Å². The van der Waals surface area contributed by atoms with E-state index in [2.05, 4.69) is 4.18 Å². The van der Waals surface area contributed by atoms with Crippen LogP contribution in [0.5, 0.6) is 5.75 Å². The lowest BCUT2D eigenvalue weighted by atomic mass is 10.0. The minimum absolute atomic E-state index is 0.0652. The molecule has 0 unspecified atom stereocenters. The Hall–Kier alpha value is -2.20. The molecule has 0 amide bonds. The van der Waals surface area contributed by atoms with Gasteiger partial charge in [0, 0.05) is 5.56 Å². The van der Waals surface area contributed by atoms with Crippen molar-refractivity contribution in [2.24, 2.45) is 0 Å². The van der Waals surface area contributed by atoms with E-state index in [1.165, 1.54) is 13.0 Å². The number of hydrogen-bond acceptors (Lipinski definition) is 7. The zero-order valence-corrected chi connectivity index (χ0v) is 15.0. The summed E-state index contributed by atoms with van der Waals surface area (Å²) in [4.78, 5) is 22.8. The van der Waals surface area contributed by atoms with Crippen LogP contribution < -0.4 is 4.18 Å². The van der Waals surface area contributed by atoms with Crippen LogP contribution >= 0.6 is 0 Å². The van der Waals surface area contributed by atoms with Crippen LogP contribution in [-0.2, 0) is 31.4 Å². The molecule has 0 spiro atoms. The predicted octanol–water partition coefficient (Wildman–Crippen LogP) is 2.14. The number of hydrogen-bond donors (Lipinski definition) is 1. The lowest BCUT2D eigenvalue weighted by Gasteiger charge is -2.19. The van der Waals surface area contributed by atoms with Crippen LogP contribution in [0.1, 0.15) is 42.3 Å². The van der Waals surface area contributed by atoms with Crippen molar-refractivity contribution in [3.05, 3.63) is 28.8 Å². The van der Waals surface area contributed by atoms with E-state index < -0.39 is 40.4 Å². The molecule has 0 saturated heterocycles. The highest BCUT2D eigenvalue weighted by Gasteiger charge is 2.20. The van der Waals surface area contributed by atoms with Gasteiger partial charge in [0.1, 0.15) is 18.0 Å². The van der Waals surface area contributed by atoms with Gasteiger partial charge in [0.25, 0.3) is 0 Å². The summed E-state index contributed by atoms with van der Waals surface area (Å²) in [6.07, 6.45) is 0. The van der Waals surface area contributed by atoms with E-state index in [9.17, 15) is 21.9 Å². The van der Waals surface area contributed by atoms with E-state index in [0.29, 0.717) is 0 Å². The monoisotopic (exact) mass is 378 g/mol. The van der Waals surface area contributed by atoms with Crippen LogP contribution in [0.2, 0.25) is 0 Å². The van der Waals surface area contributed by atoms with Crippen LogP contribution in [-0.4, -0.2) is 37.7 Å². The summed E-state index contributed by atoms with van der Waals surface area (Å²) in [6.45, 7) is 5.70. The maximum atomic E-state index is 12.7. The largest absolute Gasteiger partial charge is 0.488 e. The topological polar surface area (TPSA) is 116 Å². The van der Waals surface area contributed by atoms with Gasteiger partial charge in [-0.05, 0) is 45.4 Å². The Morgan fingerprint density at radius 1 is 1.24 bits per heavy atom. The molecule has 8 nitrogen and oxygen atoms in total. The Kier molecular flexibility index (Phi) is 6.49. The van der Waals surface area contributed by atoms with E-state index in [-0.39, 0.29) is 23.3 Å². The molecule has 1 aromatic carbocycles. The zero-order valence-electron chi connectivity index (χ0n) is 14.2. The fourth-order valence-corrected chi connectivity index (χ4v) is 2.25. The van der Waals surface area contributed by atoms with Gasteiger partial charge in [0.2, 0.25) is 0 Å². The number of carboxylic acid groups (broad SMARTS) is 1. The van der Waals surface area contributed by atoms with E-state index in [1.807, 2.05) is 0 Å². The van der Waals surface area contributed by atoms with Gasteiger partial charge < -0.3 is 18.8 Å². The number of halogens is 1. The van der Waals surface area contributed by atoms with Crippen molar-refractivity contribution in [2.45, 2.75) is 39.9 Å². The van der Waals surface area contributed by atoms with Crippen LogP contribution in [0.15, 0.2) is 12.1 Å². The third-order valence-electron chi connectivity index (χ3n) is 2.75. The molecule has 1 aromatic rings.